The smallest absolute Gasteiger partial charge is 0.236 e. The first-order valence-corrected chi connectivity index (χ1v) is 8.74. The third-order valence-electron chi connectivity index (χ3n) is 4.58. The van der Waals surface area contributed by atoms with Gasteiger partial charge in [0.05, 0.1) is 25.8 Å². The zero-order valence-corrected chi connectivity index (χ0v) is 14.5. The molecular formula is C16H27N5O3. The molecule has 0 unspecified atom stereocenters. The summed E-state index contributed by atoms with van der Waals surface area (Å²) in [5.74, 6) is 1.49. The van der Waals surface area contributed by atoms with Crippen LogP contribution < -0.4 is 5.32 Å². The quantitative estimate of drug-likeness (QED) is 0.820. The standard InChI is InChI=1S/C16H27N5O3/c1-12-9-21(6-7-23-12)16(22)8-17-14-4-3-5-20(10-14)11-15-18-13(2)24-19-15/h12,14,17H,3-11H2,1-2H3/t12-,14-/m0/s1. The Bertz CT molecular complexity index is 550. The number of carbonyl (C=O) groups is 1. The summed E-state index contributed by atoms with van der Waals surface area (Å²) >= 11 is 0. The normalized spacial score (nSPS) is 25.8. The average Bonchev–Trinajstić information content (AvgIpc) is 2.98. The van der Waals surface area contributed by atoms with Crippen molar-refractivity contribution in [1.82, 2.24) is 25.3 Å². The molecule has 2 fully saturated rings. The van der Waals surface area contributed by atoms with Crippen LogP contribution in [0, 0.1) is 6.92 Å². The largest absolute Gasteiger partial charge is 0.375 e. The first kappa shape index (κ1) is 17.3. The molecule has 1 amide bonds. The minimum absolute atomic E-state index is 0.131. The molecule has 0 saturated carbocycles. The summed E-state index contributed by atoms with van der Waals surface area (Å²) in [6, 6.07) is 0.328. The third-order valence-corrected chi connectivity index (χ3v) is 4.58. The van der Waals surface area contributed by atoms with Crippen molar-refractivity contribution in [2.75, 3.05) is 39.3 Å². The van der Waals surface area contributed by atoms with Gasteiger partial charge in [0.1, 0.15) is 0 Å². The SMILES string of the molecule is Cc1nc(CN2CCC[C@H](NCC(=O)N3CCO[C@@H](C)C3)C2)no1. The van der Waals surface area contributed by atoms with E-state index >= 15 is 0 Å². The predicted molar refractivity (Wildman–Crippen MR) is 87.3 cm³/mol. The fourth-order valence-corrected chi connectivity index (χ4v) is 3.36. The van der Waals surface area contributed by atoms with Crippen LogP contribution in [-0.2, 0) is 16.1 Å². The van der Waals surface area contributed by atoms with Crippen LogP contribution >= 0.6 is 0 Å². The number of ether oxygens (including phenoxy) is 1. The summed E-state index contributed by atoms with van der Waals surface area (Å²) in [5, 5.41) is 7.37. The number of carbonyl (C=O) groups excluding carboxylic acids is 1. The van der Waals surface area contributed by atoms with Gasteiger partial charge in [0, 0.05) is 32.6 Å². The van der Waals surface area contributed by atoms with Gasteiger partial charge in [-0.2, -0.15) is 4.98 Å². The molecule has 2 aliphatic heterocycles. The predicted octanol–water partition coefficient (Wildman–Crippen LogP) is 0.179. The van der Waals surface area contributed by atoms with Crippen LogP contribution in [-0.4, -0.2) is 77.3 Å². The Kier molecular flexibility index (Phi) is 5.80. The third kappa shape index (κ3) is 4.75. The molecule has 8 heteroatoms. The number of likely N-dealkylation sites (tertiary alicyclic amines) is 1. The van der Waals surface area contributed by atoms with E-state index in [9.17, 15) is 4.79 Å². The van der Waals surface area contributed by atoms with Crippen LogP contribution in [0.1, 0.15) is 31.5 Å². The Hall–Kier alpha value is -1.51. The van der Waals surface area contributed by atoms with Gasteiger partial charge in [-0.15, -0.1) is 0 Å². The lowest BCUT2D eigenvalue weighted by atomic mass is 10.1. The fourth-order valence-electron chi connectivity index (χ4n) is 3.36. The van der Waals surface area contributed by atoms with E-state index in [2.05, 4.69) is 20.4 Å². The molecule has 0 spiro atoms. The molecule has 2 saturated heterocycles. The molecular weight excluding hydrogens is 310 g/mol. The minimum Gasteiger partial charge on any atom is -0.375 e. The average molecular weight is 337 g/mol. The molecule has 0 radical (unpaired) electrons. The van der Waals surface area contributed by atoms with Crippen molar-refractivity contribution in [3.05, 3.63) is 11.7 Å². The number of nitrogens with one attached hydrogen (secondary N) is 1. The van der Waals surface area contributed by atoms with Gasteiger partial charge in [-0.25, -0.2) is 0 Å². The van der Waals surface area contributed by atoms with E-state index in [4.69, 9.17) is 9.26 Å². The van der Waals surface area contributed by atoms with Gasteiger partial charge in [-0.3, -0.25) is 9.69 Å². The van der Waals surface area contributed by atoms with Crippen LogP contribution in [0.15, 0.2) is 4.52 Å². The summed E-state index contributed by atoms with van der Waals surface area (Å²) in [7, 11) is 0. The van der Waals surface area contributed by atoms with Crippen molar-refractivity contribution < 1.29 is 14.1 Å². The van der Waals surface area contributed by atoms with Gasteiger partial charge in [0.15, 0.2) is 5.82 Å². The molecule has 2 atom stereocenters. The maximum atomic E-state index is 12.3. The van der Waals surface area contributed by atoms with E-state index in [-0.39, 0.29) is 12.0 Å². The Balaban J connectivity index is 1.42. The Labute approximate surface area is 142 Å². The minimum atomic E-state index is 0.131. The number of amides is 1. The highest BCUT2D eigenvalue weighted by molar-refractivity contribution is 5.78. The number of piperidine rings is 1. The van der Waals surface area contributed by atoms with Gasteiger partial charge >= 0.3 is 0 Å². The van der Waals surface area contributed by atoms with Crippen molar-refractivity contribution in [1.29, 1.82) is 0 Å². The number of aromatic nitrogens is 2. The highest BCUT2D eigenvalue weighted by Gasteiger charge is 2.24. The molecule has 3 heterocycles. The maximum absolute atomic E-state index is 12.3. The van der Waals surface area contributed by atoms with Crippen molar-refractivity contribution in [3.8, 4) is 0 Å². The Morgan fingerprint density at radius 2 is 2.25 bits per heavy atom. The molecule has 3 rings (SSSR count). The lowest BCUT2D eigenvalue weighted by Gasteiger charge is -2.34. The number of aryl methyl sites for hydroxylation is 1. The monoisotopic (exact) mass is 337 g/mol. The highest BCUT2D eigenvalue weighted by atomic mass is 16.5. The molecule has 1 N–H and O–H groups in total. The van der Waals surface area contributed by atoms with E-state index in [0.717, 1.165) is 31.8 Å². The van der Waals surface area contributed by atoms with Crippen molar-refractivity contribution in [2.24, 2.45) is 0 Å². The lowest BCUT2D eigenvalue weighted by molar-refractivity contribution is -0.137. The second-order valence-corrected chi connectivity index (χ2v) is 6.71. The second kappa shape index (κ2) is 8.04. The van der Waals surface area contributed by atoms with Crippen LogP contribution in [0.2, 0.25) is 0 Å². The number of nitrogens with zero attached hydrogens (tertiary/aromatic N) is 4. The van der Waals surface area contributed by atoms with Gasteiger partial charge in [0.2, 0.25) is 11.8 Å². The van der Waals surface area contributed by atoms with Gasteiger partial charge in [-0.05, 0) is 26.3 Å². The maximum Gasteiger partial charge on any atom is 0.236 e. The number of rotatable bonds is 5. The summed E-state index contributed by atoms with van der Waals surface area (Å²) < 4.78 is 10.5. The molecule has 1 aromatic rings. The van der Waals surface area contributed by atoms with Gasteiger partial charge in [-0.1, -0.05) is 5.16 Å². The van der Waals surface area contributed by atoms with Crippen molar-refractivity contribution in [3.63, 3.8) is 0 Å². The van der Waals surface area contributed by atoms with E-state index < -0.39 is 0 Å². The Morgan fingerprint density at radius 3 is 3.00 bits per heavy atom. The first-order chi connectivity index (χ1) is 11.6. The molecule has 0 aliphatic carbocycles. The summed E-state index contributed by atoms with van der Waals surface area (Å²) in [6.07, 6.45) is 2.33. The number of hydrogen-bond donors (Lipinski definition) is 1. The highest BCUT2D eigenvalue weighted by Crippen LogP contribution is 2.13. The second-order valence-electron chi connectivity index (χ2n) is 6.71. The lowest BCUT2D eigenvalue weighted by Crippen LogP contribution is -2.51. The zero-order valence-electron chi connectivity index (χ0n) is 14.5. The van der Waals surface area contributed by atoms with Crippen LogP contribution in [0.5, 0.6) is 0 Å². The molecule has 2 aliphatic rings. The van der Waals surface area contributed by atoms with Crippen molar-refractivity contribution >= 4 is 5.91 Å². The molecule has 8 nitrogen and oxygen atoms in total. The Morgan fingerprint density at radius 1 is 1.38 bits per heavy atom. The van der Waals surface area contributed by atoms with E-state index in [1.165, 1.54) is 0 Å². The molecule has 1 aromatic heterocycles. The van der Waals surface area contributed by atoms with E-state index in [1.54, 1.807) is 6.92 Å². The first-order valence-electron chi connectivity index (χ1n) is 8.74. The van der Waals surface area contributed by atoms with E-state index in [0.29, 0.717) is 44.7 Å². The van der Waals surface area contributed by atoms with Crippen LogP contribution in [0.3, 0.4) is 0 Å². The zero-order chi connectivity index (χ0) is 16.9. The van der Waals surface area contributed by atoms with Crippen molar-refractivity contribution in [2.45, 2.75) is 45.4 Å². The molecule has 0 bridgehead atoms. The number of hydrogen-bond acceptors (Lipinski definition) is 7. The molecule has 24 heavy (non-hydrogen) atoms. The van der Waals surface area contributed by atoms with Gasteiger partial charge in [0.25, 0.3) is 0 Å². The van der Waals surface area contributed by atoms with Gasteiger partial charge < -0.3 is 19.5 Å². The topological polar surface area (TPSA) is 83.7 Å². The fraction of sp³-hybridized carbons (Fsp3) is 0.812. The van der Waals surface area contributed by atoms with Crippen LogP contribution in [0.4, 0.5) is 0 Å². The molecule has 0 aromatic carbocycles. The summed E-state index contributed by atoms with van der Waals surface area (Å²) in [4.78, 5) is 20.8. The van der Waals surface area contributed by atoms with E-state index in [1.807, 2.05) is 11.8 Å². The summed E-state index contributed by atoms with van der Waals surface area (Å²) in [5.41, 5.74) is 0. The summed E-state index contributed by atoms with van der Waals surface area (Å²) in [6.45, 7) is 8.85. The van der Waals surface area contributed by atoms with Crippen LogP contribution in [0.25, 0.3) is 0 Å². The number of morpholine rings is 1. The molecule has 134 valence electrons.